The minimum Gasteiger partial charge on any atom is -0.497 e. The van der Waals surface area contributed by atoms with Crippen molar-refractivity contribution in [3.63, 3.8) is 0 Å². The molecular weight excluding hydrogens is 279 g/mol. The molecule has 1 nitrogen and oxygen atoms in total. The fourth-order valence-corrected chi connectivity index (χ4v) is 3.51. The van der Waals surface area contributed by atoms with Crippen LogP contribution in [0.25, 0.3) is 0 Å². The van der Waals surface area contributed by atoms with E-state index in [4.69, 9.17) is 27.9 Å². The lowest BCUT2D eigenvalue weighted by Crippen LogP contribution is -1.90. The highest BCUT2D eigenvalue weighted by atomic mass is 35.5. The molecular formula is C16H14Cl2O. The van der Waals surface area contributed by atoms with E-state index in [9.17, 15) is 0 Å². The monoisotopic (exact) mass is 292 g/mol. The Morgan fingerprint density at radius 3 is 1.89 bits per heavy atom. The second kappa shape index (κ2) is 4.73. The van der Waals surface area contributed by atoms with Gasteiger partial charge in [-0.15, -0.1) is 23.2 Å². The molecule has 1 aliphatic rings. The van der Waals surface area contributed by atoms with Crippen molar-refractivity contribution in [2.75, 3.05) is 7.11 Å². The summed E-state index contributed by atoms with van der Waals surface area (Å²) in [5.41, 5.74) is 2.34. The molecule has 0 unspecified atom stereocenters. The third kappa shape index (κ3) is 2.22. The van der Waals surface area contributed by atoms with Gasteiger partial charge in [0.1, 0.15) is 10.1 Å². The average Bonchev–Trinajstić information content (AvgIpc) is 3.02. The van der Waals surface area contributed by atoms with Gasteiger partial charge in [0, 0.05) is 11.8 Å². The first kappa shape index (κ1) is 12.8. The smallest absolute Gasteiger partial charge is 0.133 e. The van der Waals surface area contributed by atoms with E-state index in [0.29, 0.717) is 0 Å². The zero-order valence-corrected chi connectivity index (χ0v) is 12.0. The molecule has 19 heavy (non-hydrogen) atoms. The van der Waals surface area contributed by atoms with Crippen molar-refractivity contribution in [2.45, 2.75) is 16.2 Å². The third-order valence-corrected chi connectivity index (χ3v) is 4.63. The predicted octanol–water partition coefficient (Wildman–Crippen LogP) is 4.75. The normalized spacial score (nSPS) is 23.9. The van der Waals surface area contributed by atoms with Gasteiger partial charge in [0.15, 0.2) is 0 Å². The van der Waals surface area contributed by atoms with Crippen LogP contribution in [0.5, 0.6) is 5.75 Å². The molecule has 0 spiro atoms. The summed E-state index contributed by atoms with van der Waals surface area (Å²) in [4.78, 5) is 0. The molecule has 3 heteroatoms. The van der Waals surface area contributed by atoms with E-state index in [1.165, 1.54) is 5.56 Å². The standard InChI is InChI=1S/C16H14Cl2O/c1-19-13-9-7-12(8-10-13)15-14(16(15,17)18)11-5-3-2-4-6-11/h2-10,14-15H,1H3/t14-,15+/m0/s1. The van der Waals surface area contributed by atoms with E-state index in [2.05, 4.69) is 12.1 Å². The van der Waals surface area contributed by atoms with Gasteiger partial charge in [-0.05, 0) is 23.3 Å². The van der Waals surface area contributed by atoms with Crippen molar-refractivity contribution in [3.05, 3.63) is 65.7 Å². The molecule has 0 aromatic heterocycles. The fraction of sp³-hybridized carbons (Fsp3) is 0.250. The first-order valence-corrected chi connectivity index (χ1v) is 6.97. The van der Waals surface area contributed by atoms with Gasteiger partial charge in [-0.3, -0.25) is 0 Å². The number of methoxy groups -OCH3 is 1. The zero-order valence-electron chi connectivity index (χ0n) is 10.5. The molecule has 1 aliphatic carbocycles. The molecule has 2 aromatic carbocycles. The van der Waals surface area contributed by atoms with Gasteiger partial charge in [0.25, 0.3) is 0 Å². The van der Waals surface area contributed by atoms with Crippen molar-refractivity contribution in [1.82, 2.24) is 0 Å². The van der Waals surface area contributed by atoms with Gasteiger partial charge in [0.05, 0.1) is 7.11 Å². The van der Waals surface area contributed by atoms with Crippen molar-refractivity contribution in [3.8, 4) is 5.75 Å². The molecule has 98 valence electrons. The number of hydrogen-bond donors (Lipinski definition) is 0. The topological polar surface area (TPSA) is 9.23 Å². The third-order valence-electron chi connectivity index (χ3n) is 3.69. The SMILES string of the molecule is COc1ccc([C@@H]2[C@H](c3ccccc3)C2(Cl)Cl)cc1. The van der Waals surface area contributed by atoms with Crippen LogP contribution < -0.4 is 4.74 Å². The number of hydrogen-bond acceptors (Lipinski definition) is 1. The summed E-state index contributed by atoms with van der Waals surface area (Å²) >= 11 is 12.9. The summed E-state index contributed by atoms with van der Waals surface area (Å²) in [5.74, 6) is 1.14. The molecule has 0 radical (unpaired) electrons. The molecule has 0 bridgehead atoms. The Bertz CT molecular complexity index is 563. The maximum Gasteiger partial charge on any atom is 0.133 e. The zero-order chi connectivity index (χ0) is 13.5. The molecule has 0 N–H and O–H groups in total. The molecule has 2 aromatic rings. The first-order chi connectivity index (χ1) is 9.14. The van der Waals surface area contributed by atoms with E-state index < -0.39 is 4.33 Å². The summed E-state index contributed by atoms with van der Waals surface area (Å²) in [6.07, 6.45) is 0. The minimum atomic E-state index is -0.712. The Morgan fingerprint density at radius 1 is 0.842 bits per heavy atom. The predicted molar refractivity (Wildman–Crippen MR) is 79.4 cm³/mol. The summed E-state index contributed by atoms with van der Waals surface area (Å²) in [5, 5.41) is 0. The maximum absolute atomic E-state index is 6.45. The molecule has 1 saturated carbocycles. The molecule has 0 saturated heterocycles. The summed E-state index contributed by atoms with van der Waals surface area (Å²) in [7, 11) is 1.66. The Hall–Kier alpha value is -1.18. The van der Waals surface area contributed by atoms with Crippen LogP contribution >= 0.6 is 23.2 Å². The van der Waals surface area contributed by atoms with E-state index in [-0.39, 0.29) is 11.8 Å². The van der Waals surface area contributed by atoms with Gasteiger partial charge in [0.2, 0.25) is 0 Å². The van der Waals surface area contributed by atoms with Crippen LogP contribution in [0.1, 0.15) is 23.0 Å². The van der Waals surface area contributed by atoms with Crippen molar-refractivity contribution in [2.24, 2.45) is 0 Å². The van der Waals surface area contributed by atoms with Crippen LogP contribution in [-0.4, -0.2) is 11.4 Å². The number of benzene rings is 2. The molecule has 0 aliphatic heterocycles. The first-order valence-electron chi connectivity index (χ1n) is 6.21. The van der Waals surface area contributed by atoms with Crippen LogP contribution in [-0.2, 0) is 0 Å². The molecule has 2 atom stereocenters. The van der Waals surface area contributed by atoms with Crippen molar-refractivity contribution in [1.29, 1.82) is 0 Å². The van der Waals surface area contributed by atoms with Crippen LogP contribution in [0.4, 0.5) is 0 Å². The largest absolute Gasteiger partial charge is 0.497 e. The van der Waals surface area contributed by atoms with Crippen LogP contribution in [0.2, 0.25) is 0 Å². The number of ether oxygens (including phenoxy) is 1. The molecule has 0 amide bonds. The Labute approximate surface area is 123 Å². The van der Waals surface area contributed by atoms with E-state index in [1.54, 1.807) is 7.11 Å². The second-order valence-corrected chi connectivity index (χ2v) is 6.26. The number of halogens is 2. The summed E-state index contributed by atoms with van der Waals surface area (Å²) in [6.45, 7) is 0. The molecule has 1 fully saturated rings. The quantitative estimate of drug-likeness (QED) is 0.742. The summed E-state index contributed by atoms with van der Waals surface area (Å²) < 4.78 is 4.45. The van der Waals surface area contributed by atoms with Crippen LogP contribution in [0, 0.1) is 0 Å². The highest BCUT2D eigenvalue weighted by Gasteiger charge is 2.64. The lowest BCUT2D eigenvalue weighted by Gasteiger charge is -2.03. The lowest BCUT2D eigenvalue weighted by atomic mass is 10.0. The van der Waals surface area contributed by atoms with Gasteiger partial charge < -0.3 is 4.74 Å². The van der Waals surface area contributed by atoms with Gasteiger partial charge in [-0.25, -0.2) is 0 Å². The number of alkyl halides is 2. The van der Waals surface area contributed by atoms with E-state index in [1.807, 2.05) is 42.5 Å². The van der Waals surface area contributed by atoms with Crippen LogP contribution in [0.3, 0.4) is 0 Å². The van der Waals surface area contributed by atoms with Crippen molar-refractivity contribution >= 4 is 23.2 Å². The fourth-order valence-electron chi connectivity index (χ4n) is 2.63. The highest BCUT2D eigenvalue weighted by molar-refractivity contribution is 6.52. The number of rotatable bonds is 3. The molecule has 3 rings (SSSR count). The summed E-state index contributed by atoms with van der Waals surface area (Å²) in [6, 6.07) is 18.1. The van der Waals surface area contributed by atoms with Gasteiger partial charge in [-0.2, -0.15) is 0 Å². The van der Waals surface area contributed by atoms with E-state index >= 15 is 0 Å². The Kier molecular flexibility index (Phi) is 3.20. The van der Waals surface area contributed by atoms with Crippen molar-refractivity contribution < 1.29 is 4.74 Å². The molecule has 0 heterocycles. The van der Waals surface area contributed by atoms with Gasteiger partial charge >= 0.3 is 0 Å². The minimum absolute atomic E-state index is 0.143. The second-order valence-electron chi connectivity index (χ2n) is 4.81. The average molecular weight is 293 g/mol. The Morgan fingerprint density at radius 2 is 1.37 bits per heavy atom. The van der Waals surface area contributed by atoms with Gasteiger partial charge in [-0.1, -0.05) is 42.5 Å². The highest BCUT2D eigenvalue weighted by Crippen LogP contribution is 2.70. The van der Waals surface area contributed by atoms with E-state index in [0.717, 1.165) is 11.3 Å². The Balaban J connectivity index is 1.89. The van der Waals surface area contributed by atoms with Crippen LogP contribution in [0.15, 0.2) is 54.6 Å². The lowest BCUT2D eigenvalue weighted by molar-refractivity contribution is 0.414. The maximum atomic E-state index is 6.45.